The van der Waals surface area contributed by atoms with Crippen molar-refractivity contribution in [3.8, 4) is 0 Å². The van der Waals surface area contributed by atoms with Gasteiger partial charge in [-0.2, -0.15) is 0 Å². The molecule has 0 saturated carbocycles. The van der Waals surface area contributed by atoms with Crippen molar-refractivity contribution in [2.45, 2.75) is 25.0 Å². The van der Waals surface area contributed by atoms with Crippen LogP contribution in [0.25, 0.3) is 0 Å². The molecule has 0 aliphatic heterocycles. The first kappa shape index (κ1) is 16.3. The standard InChI is InChI=1S/C12H12ClFN2O3S2/c1-7-6-20-11(16-7)4-15-21(18,19)9-2-8(5-17)12(13)10(14)3-9/h2-3,6,15,17H,4-5H2,1H3. The summed E-state index contributed by atoms with van der Waals surface area (Å²) in [6.07, 6.45) is 0. The number of halogens is 2. The third-order valence-electron chi connectivity index (χ3n) is 2.64. The first-order chi connectivity index (χ1) is 9.83. The lowest BCUT2D eigenvalue weighted by Crippen LogP contribution is -2.23. The van der Waals surface area contributed by atoms with E-state index < -0.39 is 22.4 Å². The van der Waals surface area contributed by atoms with Crippen molar-refractivity contribution < 1.29 is 17.9 Å². The topological polar surface area (TPSA) is 79.3 Å². The van der Waals surface area contributed by atoms with Crippen LogP contribution in [0.15, 0.2) is 22.4 Å². The number of thiazole rings is 1. The smallest absolute Gasteiger partial charge is 0.241 e. The van der Waals surface area contributed by atoms with Gasteiger partial charge in [-0.3, -0.25) is 0 Å². The van der Waals surface area contributed by atoms with E-state index >= 15 is 0 Å². The summed E-state index contributed by atoms with van der Waals surface area (Å²) < 4.78 is 40.1. The third-order valence-corrected chi connectivity index (χ3v) is 5.41. The zero-order valence-corrected chi connectivity index (χ0v) is 13.3. The highest BCUT2D eigenvalue weighted by Crippen LogP contribution is 2.24. The molecular weight excluding hydrogens is 339 g/mol. The van der Waals surface area contributed by atoms with Gasteiger partial charge in [-0.05, 0) is 19.1 Å². The van der Waals surface area contributed by atoms with E-state index in [0.29, 0.717) is 5.01 Å². The van der Waals surface area contributed by atoms with E-state index in [9.17, 15) is 12.8 Å². The Balaban J connectivity index is 2.25. The van der Waals surface area contributed by atoms with Gasteiger partial charge < -0.3 is 5.11 Å². The second-order valence-electron chi connectivity index (χ2n) is 4.24. The van der Waals surface area contributed by atoms with E-state index in [2.05, 4.69) is 9.71 Å². The van der Waals surface area contributed by atoms with Gasteiger partial charge in [0, 0.05) is 16.6 Å². The average Bonchev–Trinajstić information content (AvgIpc) is 2.85. The molecule has 0 fully saturated rings. The summed E-state index contributed by atoms with van der Waals surface area (Å²) in [5.41, 5.74) is 0.816. The van der Waals surface area contributed by atoms with Crippen LogP contribution >= 0.6 is 22.9 Å². The maximum atomic E-state index is 13.6. The minimum absolute atomic E-state index is 0.0134. The summed E-state index contributed by atoms with van der Waals surface area (Å²) in [4.78, 5) is 3.84. The summed E-state index contributed by atoms with van der Waals surface area (Å²) in [6, 6.07) is 1.96. The van der Waals surface area contributed by atoms with Gasteiger partial charge in [0.05, 0.1) is 23.1 Å². The molecule has 5 nitrogen and oxygen atoms in total. The zero-order chi connectivity index (χ0) is 15.6. The van der Waals surface area contributed by atoms with E-state index in [1.807, 2.05) is 0 Å². The van der Waals surface area contributed by atoms with Crippen molar-refractivity contribution in [1.29, 1.82) is 0 Å². The molecule has 1 aromatic carbocycles. The van der Waals surface area contributed by atoms with Crippen LogP contribution in [0.3, 0.4) is 0 Å². The molecule has 1 aromatic heterocycles. The number of nitrogens with zero attached hydrogens (tertiary/aromatic N) is 1. The van der Waals surface area contributed by atoms with E-state index in [-0.39, 0.29) is 22.0 Å². The molecule has 1 heterocycles. The second kappa shape index (κ2) is 6.37. The Hall–Kier alpha value is -1.06. The number of aliphatic hydroxyl groups is 1. The van der Waals surface area contributed by atoms with Crippen LogP contribution < -0.4 is 4.72 Å². The number of aryl methyl sites for hydroxylation is 1. The van der Waals surface area contributed by atoms with Gasteiger partial charge >= 0.3 is 0 Å². The zero-order valence-electron chi connectivity index (χ0n) is 10.9. The first-order valence-corrected chi connectivity index (χ1v) is 8.57. The summed E-state index contributed by atoms with van der Waals surface area (Å²) in [5.74, 6) is -0.895. The summed E-state index contributed by atoms with van der Waals surface area (Å²) in [5, 5.41) is 11.2. The van der Waals surface area contributed by atoms with Crippen molar-refractivity contribution in [2.24, 2.45) is 0 Å². The fourth-order valence-corrected chi connectivity index (χ4v) is 3.63. The fraction of sp³-hybridized carbons (Fsp3) is 0.250. The highest BCUT2D eigenvalue weighted by molar-refractivity contribution is 7.89. The van der Waals surface area contributed by atoms with Crippen molar-refractivity contribution in [1.82, 2.24) is 9.71 Å². The molecule has 9 heteroatoms. The van der Waals surface area contributed by atoms with Gasteiger partial charge in [0.1, 0.15) is 10.8 Å². The summed E-state index contributed by atoms with van der Waals surface area (Å²) >= 11 is 6.96. The van der Waals surface area contributed by atoms with Gasteiger partial charge in [0.2, 0.25) is 10.0 Å². The van der Waals surface area contributed by atoms with Gasteiger partial charge in [-0.15, -0.1) is 11.3 Å². The number of sulfonamides is 1. The molecule has 0 amide bonds. The molecule has 0 bridgehead atoms. The molecule has 2 N–H and O–H groups in total. The molecule has 2 rings (SSSR count). The fourth-order valence-electron chi connectivity index (χ4n) is 1.61. The minimum atomic E-state index is -3.91. The molecule has 114 valence electrons. The van der Waals surface area contributed by atoms with Crippen molar-refractivity contribution in [3.63, 3.8) is 0 Å². The highest BCUT2D eigenvalue weighted by Gasteiger charge is 2.19. The first-order valence-electron chi connectivity index (χ1n) is 5.83. The maximum Gasteiger partial charge on any atom is 0.241 e. The number of benzene rings is 1. The SMILES string of the molecule is Cc1csc(CNS(=O)(=O)c2cc(F)c(Cl)c(CO)c2)n1. The van der Waals surface area contributed by atoms with E-state index in [0.717, 1.165) is 17.8 Å². The van der Waals surface area contributed by atoms with Crippen LogP contribution in [-0.2, 0) is 23.2 Å². The highest BCUT2D eigenvalue weighted by atomic mass is 35.5. The molecule has 21 heavy (non-hydrogen) atoms. The monoisotopic (exact) mass is 350 g/mol. The minimum Gasteiger partial charge on any atom is -0.392 e. The molecule has 0 aliphatic rings. The number of aliphatic hydroxyl groups excluding tert-OH is 1. The molecule has 0 unspecified atom stereocenters. The normalized spacial score (nSPS) is 11.8. The lowest BCUT2D eigenvalue weighted by Gasteiger charge is -2.09. The number of aromatic nitrogens is 1. The maximum absolute atomic E-state index is 13.6. The molecule has 0 radical (unpaired) electrons. The van der Waals surface area contributed by atoms with E-state index in [4.69, 9.17) is 16.7 Å². The van der Waals surface area contributed by atoms with Gasteiger partial charge in [0.25, 0.3) is 0 Å². The van der Waals surface area contributed by atoms with Crippen LogP contribution in [-0.4, -0.2) is 18.5 Å². The Labute approximate surface area is 130 Å². The van der Waals surface area contributed by atoms with Gasteiger partial charge in [0.15, 0.2) is 0 Å². The van der Waals surface area contributed by atoms with E-state index in [1.54, 1.807) is 12.3 Å². The van der Waals surface area contributed by atoms with Crippen molar-refractivity contribution >= 4 is 33.0 Å². The Kier molecular flexibility index (Phi) is 4.95. The number of nitrogens with one attached hydrogen (secondary N) is 1. The van der Waals surface area contributed by atoms with Gasteiger partial charge in [-0.1, -0.05) is 11.6 Å². The molecule has 2 aromatic rings. The molecule has 0 aliphatic carbocycles. The van der Waals surface area contributed by atoms with Crippen molar-refractivity contribution in [3.05, 3.63) is 44.6 Å². The van der Waals surface area contributed by atoms with Crippen LogP contribution in [0.1, 0.15) is 16.3 Å². The molecular formula is C12H12ClFN2O3S2. The molecule has 0 saturated heterocycles. The lowest BCUT2D eigenvalue weighted by molar-refractivity contribution is 0.281. The van der Waals surface area contributed by atoms with Crippen molar-refractivity contribution in [2.75, 3.05) is 0 Å². The van der Waals surface area contributed by atoms with Gasteiger partial charge in [-0.25, -0.2) is 22.5 Å². The quantitative estimate of drug-likeness (QED) is 0.866. The predicted octanol–water partition coefficient (Wildman–Crippen LogP) is 2.21. The second-order valence-corrected chi connectivity index (χ2v) is 7.33. The average molecular weight is 351 g/mol. The number of hydrogen-bond acceptors (Lipinski definition) is 5. The largest absolute Gasteiger partial charge is 0.392 e. The Bertz CT molecular complexity index is 762. The molecule has 0 atom stereocenters. The number of hydrogen-bond donors (Lipinski definition) is 2. The van der Waals surface area contributed by atoms with Crippen LogP contribution in [0, 0.1) is 12.7 Å². The van der Waals surface area contributed by atoms with Crippen LogP contribution in [0.4, 0.5) is 4.39 Å². The molecule has 0 spiro atoms. The van der Waals surface area contributed by atoms with Crippen LogP contribution in [0.5, 0.6) is 0 Å². The summed E-state index contributed by atoms with van der Waals surface area (Å²) in [7, 11) is -3.91. The summed E-state index contributed by atoms with van der Waals surface area (Å²) in [6.45, 7) is 1.26. The predicted molar refractivity (Wildman–Crippen MR) is 78.2 cm³/mol. The Morgan fingerprint density at radius 1 is 1.48 bits per heavy atom. The Morgan fingerprint density at radius 3 is 2.76 bits per heavy atom. The number of rotatable bonds is 5. The van der Waals surface area contributed by atoms with Crippen LogP contribution in [0.2, 0.25) is 5.02 Å². The third kappa shape index (κ3) is 3.78. The van der Waals surface area contributed by atoms with E-state index in [1.165, 1.54) is 11.3 Å². The lowest BCUT2D eigenvalue weighted by atomic mass is 10.2. The Morgan fingerprint density at radius 2 is 2.19 bits per heavy atom.